The van der Waals surface area contributed by atoms with E-state index in [2.05, 4.69) is 16.6 Å². The summed E-state index contributed by atoms with van der Waals surface area (Å²) in [6, 6.07) is 11.9. The highest BCUT2D eigenvalue weighted by atomic mass is 32.2. The molecule has 1 aliphatic heterocycles. The van der Waals surface area contributed by atoms with Gasteiger partial charge in [0.25, 0.3) is 15.9 Å². The molecule has 1 fully saturated rings. The number of rotatable bonds is 7. The van der Waals surface area contributed by atoms with Gasteiger partial charge in [0.05, 0.1) is 4.90 Å². The van der Waals surface area contributed by atoms with E-state index in [0.29, 0.717) is 43.7 Å². The van der Waals surface area contributed by atoms with Crippen molar-refractivity contribution in [2.75, 3.05) is 24.4 Å². The second kappa shape index (κ2) is 10.4. The lowest BCUT2D eigenvalue weighted by Gasteiger charge is -2.31. The molecule has 0 aromatic heterocycles. The van der Waals surface area contributed by atoms with Gasteiger partial charge in [-0.25, -0.2) is 8.42 Å². The van der Waals surface area contributed by atoms with Crippen LogP contribution in [0.3, 0.4) is 0 Å². The van der Waals surface area contributed by atoms with E-state index in [1.807, 2.05) is 6.07 Å². The molecule has 1 aliphatic carbocycles. The fourth-order valence-corrected chi connectivity index (χ4v) is 5.75. The molecular weight excluding hydrogens is 450 g/mol. The Kier molecular flexibility index (Phi) is 7.36. The van der Waals surface area contributed by atoms with E-state index in [1.54, 1.807) is 47.4 Å². The summed E-state index contributed by atoms with van der Waals surface area (Å²) < 4.78 is 28.6. The Morgan fingerprint density at radius 3 is 2.50 bits per heavy atom. The summed E-state index contributed by atoms with van der Waals surface area (Å²) in [6.45, 7) is 5.00. The monoisotopic (exact) mass is 481 g/mol. The summed E-state index contributed by atoms with van der Waals surface area (Å²) >= 11 is 0. The summed E-state index contributed by atoms with van der Waals surface area (Å²) in [6.07, 6.45) is 6.94. The Labute approximate surface area is 201 Å². The van der Waals surface area contributed by atoms with E-state index in [0.717, 1.165) is 31.2 Å². The number of amides is 2. The number of nitrogens with one attached hydrogen (secondary N) is 2. The minimum atomic E-state index is -3.77. The first-order valence-electron chi connectivity index (χ1n) is 11.8. The molecule has 2 aromatic rings. The first-order valence-corrected chi connectivity index (χ1v) is 13.3. The summed E-state index contributed by atoms with van der Waals surface area (Å²) in [7, 11) is -3.77. The van der Waals surface area contributed by atoms with Gasteiger partial charge in [-0.3, -0.25) is 14.3 Å². The number of benzene rings is 2. The van der Waals surface area contributed by atoms with Gasteiger partial charge in [0.2, 0.25) is 5.91 Å². The van der Waals surface area contributed by atoms with Crippen LogP contribution in [0.15, 0.2) is 60.0 Å². The number of fused-ring (bicyclic) bond motifs is 1. The van der Waals surface area contributed by atoms with Crippen molar-refractivity contribution in [3.8, 4) is 0 Å². The zero-order chi connectivity index (χ0) is 24.1. The molecule has 2 aromatic carbocycles. The zero-order valence-electron chi connectivity index (χ0n) is 19.3. The Morgan fingerprint density at radius 1 is 1.03 bits per heavy atom. The lowest BCUT2D eigenvalue weighted by atomic mass is 9.92. The van der Waals surface area contributed by atoms with Crippen LogP contribution in [0, 0.1) is 5.92 Å². The number of carbonyl (C=O) groups is 2. The second-order valence-electron chi connectivity index (χ2n) is 8.92. The molecule has 180 valence electrons. The van der Waals surface area contributed by atoms with Crippen LogP contribution in [0.2, 0.25) is 0 Å². The van der Waals surface area contributed by atoms with Gasteiger partial charge >= 0.3 is 0 Å². The third kappa shape index (κ3) is 5.50. The first-order chi connectivity index (χ1) is 16.4. The van der Waals surface area contributed by atoms with Gasteiger partial charge in [-0.1, -0.05) is 18.2 Å². The van der Waals surface area contributed by atoms with Crippen LogP contribution < -0.4 is 10.0 Å². The Morgan fingerprint density at radius 2 is 1.76 bits per heavy atom. The predicted molar refractivity (Wildman–Crippen MR) is 132 cm³/mol. The molecule has 1 saturated heterocycles. The van der Waals surface area contributed by atoms with Crippen LogP contribution in [-0.2, 0) is 27.7 Å². The topological polar surface area (TPSA) is 95.6 Å². The Bertz CT molecular complexity index is 1180. The molecule has 0 bridgehead atoms. The smallest absolute Gasteiger partial charge is 0.261 e. The highest BCUT2D eigenvalue weighted by Gasteiger charge is 2.28. The van der Waals surface area contributed by atoms with E-state index < -0.39 is 10.0 Å². The standard InChI is InChI=1S/C26H31N3O4S/c1-2-14-27-25(30)20-12-15-29(16-13-20)26(31)22-8-5-9-23(17-22)28-34(32,33)24-11-10-19-6-3-4-7-21(19)18-24/h2,5,8-11,17-18,20,28H,1,3-4,6-7,12-16H2,(H,27,30). The molecule has 0 atom stereocenters. The van der Waals surface area contributed by atoms with E-state index in [1.165, 1.54) is 5.56 Å². The number of anilines is 1. The van der Waals surface area contributed by atoms with Crippen molar-refractivity contribution >= 4 is 27.5 Å². The van der Waals surface area contributed by atoms with Crippen molar-refractivity contribution in [3.05, 3.63) is 71.8 Å². The average Bonchev–Trinajstić information content (AvgIpc) is 2.86. The Hall–Kier alpha value is -3.13. The molecule has 0 unspecified atom stereocenters. The normalized spacial score (nSPS) is 16.4. The van der Waals surface area contributed by atoms with Crippen molar-refractivity contribution in [1.29, 1.82) is 0 Å². The van der Waals surface area contributed by atoms with Crippen LogP contribution in [0.1, 0.15) is 47.2 Å². The van der Waals surface area contributed by atoms with Crippen molar-refractivity contribution < 1.29 is 18.0 Å². The molecule has 0 saturated carbocycles. The van der Waals surface area contributed by atoms with Crippen LogP contribution in [-0.4, -0.2) is 44.8 Å². The summed E-state index contributed by atoms with van der Waals surface area (Å²) in [5.41, 5.74) is 3.09. The first kappa shape index (κ1) is 24.0. The van der Waals surface area contributed by atoms with E-state index in [4.69, 9.17) is 0 Å². The molecule has 2 aliphatic rings. The quantitative estimate of drug-likeness (QED) is 0.592. The number of likely N-dealkylation sites (tertiary alicyclic amines) is 1. The number of hydrogen-bond acceptors (Lipinski definition) is 4. The van der Waals surface area contributed by atoms with Crippen LogP contribution in [0.5, 0.6) is 0 Å². The van der Waals surface area contributed by atoms with E-state index in [-0.39, 0.29) is 22.6 Å². The lowest BCUT2D eigenvalue weighted by Crippen LogP contribution is -2.43. The number of sulfonamides is 1. The molecule has 7 nitrogen and oxygen atoms in total. The Balaban J connectivity index is 1.41. The van der Waals surface area contributed by atoms with Gasteiger partial charge in [0, 0.05) is 36.8 Å². The van der Waals surface area contributed by atoms with Crippen LogP contribution >= 0.6 is 0 Å². The summed E-state index contributed by atoms with van der Waals surface area (Å²) in [4.78, 5) is 27.1. The van der Waals surface area contributed by atoms with E-state index >= 15 is 0 Å². The molecule has 2 N–H and O–H groups in total. The van der Waals surface area contributed by atoms with Gasteiger partial charge in [0.1, 0.15) is 0 Å². The third-order valence-corrected chi connectivity index (χ3v) is 7.94. The van der Waals surface area contributed by atoms with Crippen molar-refractivity contribution in [2.45, 2.75) is 43.4 Å². The second-order valence-corrected chi connectivity index (χ2v) is 10.6. The summed E-state index contributed by atoms with van der Waals surface area (Å²) in [5, 5.41) is 2.81. The molecule has 0 radical (unpaired) electrons. The molecule has 2 amide bonds. The lowest BCUT2D eigenvalue weighted by molar-refractivity contribution is -0.126. The maximum absolute atomic E-state index is 13.0. The fraction of sp³-hybridized carbons (Fsp3) is 0.385. The van der Waals surface area contributed by atoms with Gasteiger partial charge < -0.3 is 10.2 Å². The number of hydrogen-bond donors (Lipinski definition) is 2. The van der Waals surface area contributed by atoms with Gasteiger partial charge in [-0.15, -0.1) is 6.58 Å². The molecule has 8 heteroatoms. The predicted octanol–water partition coefficient (Wildman–Crippen LogP) is 3.52. The SMILES string of the molecule is C=CCNC(=O)C1CCN(C(=O)c2cccc(NS(=O)(=O)c3ccc4c(c3)CCCC4)c2)CC1. The van der Waals surface area contributed by atoms with Crippen LogP contribution in [0.25, 0.3) is 0 Å². The number of aryl methyl sites for hydroxylation is 2. The highest BCUT2D eigenvalue weighted by Crippen LogP contribution is 2.26. The number of piperidine rings is 1. The molecule has 0 spiro atoms. The number of carbonyl (C=O) groups excluding carboxylic acids is 2. The maximum atomic E-state index is 13.0. The third-order valence-electron chi connectivity index (χ3n) is 6.57. The van der Waals surface area contributed by atoms with Crippen molar-refractivity contribution in [2.24, 2.45) is 5.92 Å². The summed E-state index contributed by atoms with van der Waals surface area (Å²) in [5.74, 6) is -0.288. The minimum absolute atomic E-state index is 0.00872. The van der Waals surface area contributed by atoms with Crippen LogP contribution in [0.4, 0.5) is 5.69 Å². The molecule has 34 heavy (non-hydrogen) atoms. The largest absolute Gasteiger partial charge is 0.352 e. The van der Waals surface area contributed by atoms with Crippen molar-refractivity contribution in [3.63, 3.8) is 0 Å². The zero-order valence-corrected chi connectivity index (χ0v) is 20.1. The van der Waals surface area contributed by atoms with Crippen molar-refractivity contribution in [1.82, 2.24) is 10.2 Å². The molecule has 1 heterocycles. The fourth-order valence-electron chi connectivity index (χ4n) is 4.65. The van der Waals surface area contributed by atoms with Gasteiger partial charge in [0.15, 0.2) is 0 Å². The average molecular weight is 482 g/mol. The van der Waals surface area contributed by atoms with E-state index in [9.17, 15) is 18.0 Å². The highest BCUT2D eigenvalue weighted by molar-refractivity contribution is 7.92. The number of nitrogens with zero attached hydrogens (tertiary/aromatic N) is 1. The minimum Gasteiger partial charge on any atom is -0.352 e. The van der Waals surface area contributed by atoms with Gasteiger partial charge in [-0.05, 0) is 80.0 Å². The maximum Gasteiger partial charge on any atom is 0.261 e. The van der Waals surface area contributed by atoms with Gasteiger partial charge in [-0.2, -0.15) is 0 Å². The molecule has 4 rings (SSSR count). The molecular formula is C26H31N3O4S.